The van der Waals surface area contributed by atoms with E-state index in [1.807, 2.05) is 31.2 Å². The van der Waals surface area contributed by atoms with Gasteiger partial charge in [0, 0.05) is 5.02 Å². The summed E-state index contributed by atoms with van der Waals surface area (Å²) >= 11 is 6.03. The van der Waals surface area contributed by atoms with Crippen molar-refractivity contribution in [3.8, 4) is 0 Å². The van der Waals surface area contributed by atoms with Gasteiger partial charge in [-0.3, -0.25) is 0 Å². The lowest BCUT2D eigenvalue weighted by molar-refractivity contribution is 0.320. The van der Waals surface area contributed by atoms with Gasteiger partial charge in [0.05, 0.1) is 6.61 Å². The van der Waals surface area contributed by atoms with Crippen LogP contribution in [-0.4, -0.2) is 11.7 Å². The van der Waals surface area contributed by atoms with Crippen molar-refractivity contribution in [2.75, 3.05) is 6.61 Å². The lowest BCUT2D eigenvalue weighted by Gasteiger charge is -2.08. The van der Waals surface area contributed by atoms with E-state index >= 15 is 0 Å². The molecule has 1 rings (SSSR count). The van der Waals surface area contributed by atoms with Gasteiger partial charge in [-0.2, -0.15) is 0 Å². The second-order valence-corrected chi connectivity index (χ2v) is 4.45. The van der Waals surface area contributed by atoms with Gasteiger partial charge in [-0.15, -0.1) is 0 Å². The zero-order valence-electron chi connectivity index (χ0n) is 9.42. The maximum atomic E-state index is 9.18. The average molecular weight is 225 g/mol. The molecule has 1 aromatic carbocycles. The molecule has 0 atom stereocenters. The van der Waals surface area contributed by atoms with E-state index in [1.54, 1.807) is 0 Å². The van der Waals surface area contributed by atoms with E-state index in [-0.39, 0.29) is 6.61 Å². The summed E-state index contributed by atoms with van der Waals surface area (Å²) < 4.78 is 0. The van der Waals surface area contributed by atoms with E-state index in [0.29, 0.717) is 5.92 Å². The molecule has 0 aromatic heterocycles. The number of hydrogen-bond donors (Lipinski definition) is 1. The molecule has 82 valence electrons. The van der Waals surface area contributed by atoms with Gasteiger partial charge >= 0.3 is 0 Å². The number of aryl methyl sites for hydroxylation is 1. The first-order chi connectivity index (χ1) is 7.04. The van der Waals surface area contributed by atoms with Crippen molar-refractivity contribution in [3.05, 3.63) is 39.9 Å². The Morgan fingerprint density at radius 2 is 2.13 bits per heavy atom. The molecular formula is C13H17ClO. The monoisotopic (exact) mass is 224 g/mol. The molecule has 1 aromatic rings. The Labute approximate surface area is 96.4 Å². The first-order valence-electron chi connectivity index (χ1n) is 5.12. The van der Waals surface area contributed by atoms with Gasteiger partial charge in [-0.05, 0) is 35.6 Å². The highest BCUT2D eigenvalue weighted by Crippen LogP contribution is 2.20. The molecule has 1 N–H and O–H groups in total. The summed E-state index contributed by atoms with van der Waals surface area (Å²) in [5.41, 5.74) is 3.14. The highest BCUT2D eigenvalue weighted by molar-refractivity contribution is 6.31. The molecule has 0 amide bonds. The Hall–Kier alpha value is -0.790. The minimum absolute atomic E-state index is 0.100. The molecule has 0 saturated carbocycles. The SMILES string of the molecule is Cc1ccc(/C=C(\CO)C(C)C)cc1Cl. The second-order valence-electron chi connectivity index (χ2n) is 4.04. The van der Waals surface area contributed by atoms with Crippen LogP contribution < -0.4 is 0 Å². The van der Waals surface area contributed by atoms with Gasteiger partial charge in [-0.1, -0.05) is 43.7 Å². The Morgan fingerprint density at radius 3 is 2.60 bits per heavy atom. The van der Waals surface area contributed by atoms with Gasteiger partial charge in [0.25, 0.3) is 0 Å². The molecule has 0 aliphatic carbocycles. The van der Waals surface area contributed by atoms with Crippen molar-refractivity contribution < 1.29 is 5.11 Å². The number of aliphatic hydroxyl groups excluding tert-OH is 1. The fraction of sp³-hybridized carbons (Fsp3) is 0.385. The zero-order valence-corrected chi connectivity index (χ0v) is 10.2. The first-order valence-corrected chi connectivity index (χ1v) is 5.50. The lowest BCUT2D eigenvalue weighted by Crippen LogP contribution is -1.98. The van der Waals surface area contributed by atoms with Gasteiger partial charge in [0.2, 0.25) is 0 Å². The Bertz CT molecular complexity index is 367. The van der Waals surface area contributed by atoms with Crippen LogP contribution in [0, 0.1) is 12.8 Å². The summed E-state index contributed by atoms with van der Waals surface area (Å²) in [5.74, 6) is 0.357. The van der Waals surface area contributed by atoms with E-state index < -0.39 is 0 Å². The van der Waals surface area contributed by atoms with E-state index in [9.17, 15) is 5.11 Å². The fourth-order valence-corrected chi connectivity index (χ4v) is 1.50. The van der Waals surface area contributed by atoms with E-state index in [1.165, 1.54) is 0 Å². The van der Waals surface area contributed by atoms with Gasteiger partial charge in [0.1, 0.15) is 0 Å². The van der Waals surface area contributed by atoms with Crippen LogP contribution in [0.2, 0.25) is 5.02 Å². The predicted molar refractivity (Wildman–Crippen MR) is 66.1 cm³/mol. The largest absolute Gasteiger partial charge is 0.392 e. The van der Waals surface area contributed by atoms with Crippen LogP contribution in [0.4, 0.5) is 0 Å². The molecule has 0 fully saturated rings. The van der Waals surface area contributed by atoms with Crippen LogP contribution in [0.3, 0.4) is 0 Å². The van der Waals surface area contributed by atoms with Crippen LogP contribution >= 0.6 is 11.6 Å². The smallest absolute Gasteiger partial charge is 0.0647 e. The number of rotatable bonds is 3. The summed E-state index contributed by atoms with van der Waals surface area (Å²) in [4.78, 5) is 0. The van der Waals surface area contributed by atoms with E-state index in [2.05, 4.69) is 13.8 Å². The maximum Gasteiger partial charge on any atom is 0.0647 e. The average Bonchev–Trinajstić information content (AvgIpc) is 2.19. The number of hydrogen-bond acceptors (Lipinski definition) is 1. The molecule has 0 heterocycles. The molecule has 0 bridgehead atoms. The minimum atomic E-state index is 0.100. The van der Waals surface area contributed by atoms with Crippen molar-refractivity contribution in [1.82, 2.24) is 0 Å². The van der Waals surface area contributed by atoms with Crippen molar-refractivity contribution in [2.45, 2.75) is 20.8 Å². The molecule has 15 heavy (non-hydrogen) atoms. The number of benzene rings is 1. The summed E-state index contributed by atoms with van der Waals surface area (Å²) in [6, 6.07) is 5.93. The van der Waals surface area contributed by atoms with E-state index in [0.717, 1.165) is 21.7 Å². The van der Waals surface area contributed by atoms with Crippen molar-refractivity contribution in [2.24, 2.45) is 5.92 Å². The summed E-state index contributed by atoms with van der Waals surface area (Å²) in [6.07, 6.45) is 2.00. The van der Waals surface area contributed by atoms with Crippen LogP contribution in [-0.2, 0) is 0 Å². The van der Waals surface area contributed by atoms with Gasteiger partial charge in [0.15, 0.2) is 0 Å². The third-order valence-electron chi connectivity index (χ3n) is 2.47. The van der Waals surface area contributed by atoms with E-state index in [4.69, 9.17) is 11.6 Å². The van der Waals surface area contributed by atoms with Gasteiger partial charge in [-0.25, -0.2) is 0 Å². The molecule has 0 aliphatic rings. The Balaban J connectivity index is 3.01. The predicted octanol–water partition coefficient (Wildman–Crippen LogP) is 3.68. The summed E-state index contributed by atoms with van der Waals surface area (Å²) in [7, 11) is 0. The highest BCUT2D eigenvalue weighted by atomic mass is 35.5. The number of aliphatic hydroxyl groups is 1. The van der Waals surface area contributed by atoms with Crippen LogP contribution in [0.25, 0.3) is 6.08 Å². The topological polar surface area (TPSA) is 20.2 Å². The molecule has 0 spiro atoms. The molecule has 2 heteroatoms. The fourth-order valence-electron chi connectivity index (χ4n) is 1.31. The molecular weight excluding hydrogens is 208 g/mol. The first kappa shape index (κ1) is 12.3. The normalized spacial score (nSPS) is 12.3. The highest BCUT2D eigenvalue weighted by Gasteiger charge is 2.02. The van der Waals surface area contributed by atoms with Crippen molar-refractivity contribution >= 4 is 17.7 Å². The summed E-state index contributed by atoms with van der Waals surface area (Å²) in [5, 5.41) is 9.95. The summed E-state index contributed by atoms with van der Waals surface area (Å²) in [6.45, 7) is 6.21. The van der Waals surface area contributed by atoms with Crippen molar-refractivity contribution in [3.63, 3.8) is 0 Å². The molecule has 0 aliphatic heterocycles. The standard InChI is InChI=1S/C13H17ClO/c1-9(2)12(8-15)6-11-5-4-10(3)13(14)7-11/h4-7,9,15H,8H2,1-3H3/b12-6+. The third kappa shape index (κ3) is 3.37. The quantitative estimate of drug-likeness (QED) is 0.831. The van der Waals surface area contributed by atoms with Crippen LogP contribution in [0.1, 0.15) is 25.0 Å². The van der Waals surface area contributed by atoms with Gasteiger partial charge < -0.3 is 5.11 Å². The zero-order chi connectivity index (χ0) is 11.4. The molecule has 0 radical (unpaired) electrons. The van der Waals surface area contributed by atoms with Crippen LogP contribution in [0.5, 0.6) is 0 Å². The Kier molecular flexibility index (Phi) is 4.37. The minimum Gasteiger partial charge on any atom is -0.392 e. The maximum absolute atomic E-state index is 9.18. The lowest BCUT2D eigenvalue weighted by atomic mass is 10.0. The number of halogens is 1. The second kappa shape index (κ2) is 5.34. The molecule has 1 nitrogen and oxygen atoms in total. The molecule has 0 unspecified atom stereocenters. The third-order valence-corrected chi connectivity index (χ3v) is 2.88. The van der Waals surface area contributed by atoms with Crippen molar-refractivity contribution in [1.29, 1.82) is 0 Å². The molecule has 0 saturated heterocycles. The van der Waals surface area contributed by atoms with Crippen LogP contribution in [0.15, 0.2) is 23.8 Å². The Morgan fingerprint density at radius 1 is 1.47 bits per heavy atom.